The molecule has 2 aliphatic heterocycles. The first-order chi connectivity index (χ1) is 7.65. The summed E-state index contributed by atoms with van der Waals surface area (Å²) >= 11 is 0. The van der Waals surface area contributed by atoms with Crippen molar-refractivity contribution in [1.82, 2.24) is 4.90 Å². The van der Waals surface area contributed by atoms with E-state index in [0.29, 0.717) is 0 Å². The standard InChI is InChI=1S/C14H29N2/c1-4-7-14-11-16(8-5-6-9-16)12-15(14)10-13(2)3/h13-14H,4-12H2,1-3H3/q+1. The Labute approximate surface area is 101 Å². The van der Waals surface area contributed by atoms with E-state index in [-0.39, 0.29) is 0 Å². The highest BCUT2D eigenvalue weighted by Gasteiger charge is 2.44. The maximum atomic E-state index is 2.79. The van der Waals surface area contributed by atoms with Crippen molar-refractivity contribution < 1.29 is 4.48 Å². The van der Waals surface area contributed by atoms with Crippen molar-refractivity contribution in [3.8, 4) is 0 Å². The monoisotopic (exact) mass is 225 g/mol. The smallest absolute Gasteiger partial charge is 0.135 e. The first-order valence-electron chi connectivity index (χ1n) is 7.24. The molecule has 2 saturated heterocycles. The Morgan fingerprint density at radius 2 is 1.94 bits per heavy atom. The van der Waals surface area contributed by atoms with Crippen molar-refractivity contribution >= 4 is 0 Å². The van der Waals surface area contributed by atoms with E-state index in [1.165, 1.54) is 63.0 Å². The third-order valence-electron chi connectivity index (χ3n) is 4.33. The first kappa shape index (κ1) is 12.4. The molecule has 16 heavy (non-hydrogen) atoms. The molecule has 0 N–H and O–H groups in total. The average Bonchev–Trinajstić information content (AvgIpc) is 2.76. The molecule has 0 bridgehead atoms. The molecule has 0 saturated carbocycles. The molecule has 0 aromatic heterocycles. The van der Waals surface area contributed by atoms with Crippen LogP contribution in [0.1, 0.15) is 46.5 Å². The Bertz CT molecular complexity index is 219. The van der Waals surface area contributed by atoms with Crippen LogP contribution in [0.15, 0.2) is 0 Å². The molecule has 94 valence electrons. The third kappa shape index (κ3) is 2.60. The summed E-state index contributed by atoms with van der Waals surface area (Å²) in [6.45, 7) is 14.1. The summed E-state index contributed by atoms with van der Waals surface area (Å²) in [5, 5.41) is 0. The Morgan fingerprint density at radius 1 is 1.25 bits per heavy atom. The highest BCUT2D eigenvalue weighted by Crippen LogP contribution is 2.30. The molecule has 1 unspecified atom stereocenters. The normalized spacial score (nSPS) is 29.6. The van der Waals surface area contributed by atoms with Crippen LogP contribution in [0.25, 0.3) is 0 Å². The summed E-state index contributed by atoms with van der Waals surface area (Å²) in [5.41, 5.74) is 0. The fraction of sp³-hybridized carbons (Fsp3) is 1.00. The zero-order valence-corrected chi connectivity index (χ0v) is 11.4. The average molecular weight is 225 g/mol. The number of quaternary nitrogens is 1. The second-order valence-electron chi connectivity index (χ2n) is 6.43. The molecule has 1 spiro atoms. The lowest BCUT2D eigenvalue weighted by atomic mass is 10.1. The summed E-state index contributed by atoms with van der Waals surface area (Å²) in [4.78, 5) is 2.79. The van der Waals surface area contributed by atoms with Gasteiger partial charge in [-0.2, -0.15) is 0 Å². The van der Waals surface area contributed by atoms with Gasteiger partial charge in [-0.15, -0.1) is 0 Å². The summed E-state index contributed by atoms with van der Waals surface area (Å²) in [6, 6.07) is 0.880. The van der Waals surface area contributed by atoms with E-state index < -0.39 is 0 Å². The topological polar surface area (TPSA) is 3.24 Å². The minimum atomic E-state index is 0.820. The van der Waals surface area contributed by atoms with E-state index in [2.05, 4.69) is 25.7 Å². The molecule has 0 aromatic carbocycles. The second-order valence-corrected chi connectivity index (χ2v) is 6.43. The lowest BCUT2D eigenvalue weighted by molar-refractivity contribution is -0.909. The molecule has 0 aliphatic carbocycles. The van der Waals surface area contributed by atoms with Crippen molar-refractivity contribution in [2.24, 2.45) is 5.92 Å². The Hall–Kier alpha value is -0.0800. The van der Waals surface area contributed by atoms with Gasteiger partial charge in [0.1, 0.15) is 6.67 Å². The summed E-state index contributed by atoms with van der Waals surface area (Å²) in [5.74, 6) is 0.820. The molecule has 0 aromatic rings. The van der Waals surface area contributed by atoms with E-state index >= 15 is 0 Å². The van der Waals surface area contributed by atoms with Gasteiger partial charge in [0.25, 0.3) is 0 Å². The number of rotatable bonds is 4. The van der Waals surface area contributed by atoms with E-state index in [1.807, 2.05) is 0 Å². The van der Waals surface area contributed by atoms with Gasteiger partial charge in [-0.1, -0.05) is 27.2 Å². The quantitative estimate of drug-likeness (QED) is 0.665. The maximum Gasteiger partial charge on any atom is 0.135 e. The number of nitrogens with zero attached hydrogens (tertiary/aromatic N) is 2. The van der Waals surface area contributed by atoms with Crippen LogP contribution in [0.2, 0.25) is 0 Å². The van der Waals surface area contributed by atoms with Crippen molar-refractivity contribution in [1.29, 1.82) is 0 Å². The van der Waals surface area contributed by atoms with Crippen LogP contribution in [0.3, 0.4) is 0 Å². The fourth-order valence-corrected chi connectivity index (χ4v) is 3.73. The van der Waals surface area contributed by atoms with E-state index in [0.717, 1.165) is 12.0 Å². The molecule has 2 heterocycles. The van der Waals surface area contributed by atoms with Crippen molar-refractivity contribution in [2.45, 2.75) is 52.5 Å². The molecular formula is C14H29N2+. The highest BCUT2D eigenvalue weighted by atomic mass is 15.5. The fourth-order valence-electron chi connectivity index (χ4n) is 3.73. The van der Waals surface area contributed by atoms with Gasteiger partial charge in [-0.25, -0.2) is 4.90 Å². The predicted octanol–water partition coefficient (Wildman–Crippen LogP) is 2.69. The van der Waals surface area contributed by atoms with Gasteiger partial charge in [-0.05, 0) is 12.3 Å². The summed E-state index contributed by atoms with van der Waals surface area (Å²) in [6.07, 6.45) is 5.69. The number of hydrogen-bond donors (Lipinski definition) is 0. The molecule has 2 rings (SSSR count). The molecule has 2 nitrogen and oxygen atoms in total. The summed E-state index contributed by atoms with van der Waals surface area (Å²) < 4.78 is 1.43. The SMILES string of the molecule is CCCC1C[N+]2(CCCC2)CN1CC(C)C. The Balaban J connectivity index is 1.98. The van der Waals surface area contributed by atoms with Crippen LogP contribution >= 0.6 is 0 Å². The molecule has 1 atom stereocenters. The molecule has 2 aliphatic rings. The predicted molar refractivity (Wildman–Crippen MR) is 69.2 cm³/mol. The molecule has 2 fully saturated rings. The van der Waals surface area contributed by atoms with Crippen LogP contribution < -0.4 is 0 Å². The lowest BCUT2D eigenvalue weighted by Gasteiger charge is -2.28. The van der Waals surface area contributed by atoms with Gasteiger partial charge >= 0.3 is 0 Å². The van der Waals surface area contributed by atoms with E-state index in [1.54, 1.807) is 0 Å². The van der Waals surface area contributed by atoms with Gasteiger partial charge in [0.15, 0.2) is 0 Å². The van der Waals surface area contributed by atoms with Gasteiger partial charge in [0, 0.05) is 19.4 Å². The lowest BCUT2D eigenvalue weighted by Crippen LogP contribution is -2.44. The van der Waals surface area contributed by atoms with Crippen molar-refractivity contribution in [3.05, 3.63) is 0 Å². The zero-order chi connectivity index (χ0) is 11.6. The van der Waals surface area contributed by atoms with E-state index in [4.69, 9.17) is 0 Å². The third-order valence-corrected chi connectivity index (χ3v) is 4.33. The van der Waals surface area contributed by atoms with Crippen LogP contribution in [0, 0.1) is 5.92 Å². The minimum absolute atomic E-state index is 0.820. The largest absolute Gasteiger partial charge is 0.310 e. The Morgan fingerprint density at radius 3 is 2.50 bits per heavy atom. The second kappa shape index (κ2) is 5.05. The maximum absolute atomic E-state index is 2.79. The van der Waals surface area contributed by atoms with E-state index in [9.17, 15) is 0 Å². The van der Waals surface area contributed by atoms with Crippen molar-refractivity contribution in [2.75, 3.05) is 32.8 Å². The van der Waals surface area contributed by atoms with Crippen molar-refractivity contribution in [3.63, 3.8) is 0 Å². The zero-order valence-electron chi connectivity index (χ0n) is 11.4. The molecule has 2 heteroatoms. The van der Waals surface area contributed by atoms with Crippen LogP contribution in [0.4, 0.5) is 0 Å². The minimum Gasteiger partial charge on any atom is -0.310 e. The highest BCUT2D eigenvalue weighted by molar-refractivity contribution is 4.78. The van der Waals surface area contributed by atoms with Crippen LogP contribution in [-0.4, -0.2) is 48.3 Å². The van der Waals surface area contributed by atoms with Gasteiger partial charge in [-0.3, -0.25) is 0 Å². The van der Waals surface area contributed by atoms with Gasteiger partial charge in [0.05, 0.1) is 25.7 Å². The van der Waals surface area contributed by atoms with Gasteiger partial charge in [0.2, 0.25) is 0 Å². The molecule has 0 amide bonds. The van der Waals surface area contributed by atoms with Crippen LogP contribution in [-0.2, 0) is 0 Å². The molecule has 0 radical (unpaired) electrons. The first-order valence-corrected chi connectivity index (χ1v) is 7.24. The number of hydrogen-bond acceptors (Lipinski definition) is 1. The van der Waals surface area contributed by atoms with Crippen LogP contribution in [0.5, 0.6) is 0 Å². The molecular weight excluding hydrogens is 196 g/mol. The summed E-state index contributed by atoms with van der Waals surface area (Å²) in [7, 11) is 0. The van der Waals surface area contributed by atoms with Gasteiger partial charge < -0.3 is 4.48 Å². The Kier molecular flexibility index (Phi) is 3.91.